The lowest BCUT2D eigenvalue weighted by atomic mass is 9.94. The molecule has 5 N–H and O–H groups in total. The summed E-state index contributed by atoms with van der Waals surface area (Å²) in [5, 5.41) is 16.8. The van der Waals surface area contributed by atoms with Gasteiger partial charge in [0.1, 0.15) is 23.4 Å². The molecule has 2 unspecified atom stereocenters. The van der Waals surface area contributed by atoms with Gasteiger partial charge in [-0.05, 0) is 58.9 Å². The number of alkyl carbamates (subject to hydrolysis) is 1. The van der Waals surface area contributed by atoms with Crippen LogP contribution in [-0.4, -0.2) is 58.1 Å². The zero-order valence-corrected chi connectivity index (χ0v) is 24.8. The molecule has 10 heteroatoms. The number of aromatic hydroxyl groups is 1. The lowest BCUT2D eigenvalue weighted by Gasteiger charge is -2.36. The molecule has 0 bridgehead atoms. The number of benzene rings is 1. The van der Waals surface area contributed by atoms with E-state index in [4.69, 9.17) is 10.5 Å². The van der Waals surface area contributed by atoms with Crippen molar-refractivity contribution < 1.29 is 29.0 Å². The number of nitrogens with zero attached hydrogens (tertiary/aromatic N) is 1. The monoisotopic (exact) mass is 560 g/mol. The fourth-order valence-electron chi connectivity index (χ4n) is 4.97. The molecule has 40 heavy (non-hydrogen) atoms. The molecule has 4 amide bonds. The number of ether oxygens (including phenoxy) is 1. The SMILES string of the molecule is CCCCCN(C(=O)C(CCC(N)=O)NC(=O)OC(C)(C)C)C(C(=O)NC1CCCCC1)c1cccc(C)c1O. The molecule has 0 heterocycles. The fourth-order valence-corrected chi connectivity index (χ4v) is 4.97. The van der Waals surface area contributed by atoms with Crippen LogP contribution in [0.25, 0.3) is 0 Å². The lowest BCUT2D eigenvalue weighted by Crippen LogP contribution is -2.54. The Morgan fingerprint density at radius 1 is 1.12 bits per heavy atom. The van der Waals surface area contributed by atoms with Crippen molar-refractivity contribution in [2.24, 2.45) is 5.73 Å². The molecule has 1 aromatic rings. The number of para-hydroxylation sites is 1. The van der Waals surface area contributed by atoms with Crippen molar-refractivity contribution in [1.29, 1.82) is 0 Å². The first-order valence-electron chi connectivity index (χ1n) is 14.5. The maximum Gasteiger partial charge on any atom is 0.408 e. The third-order valence-electron chi connectivity index (χ3n) is 7.03. The van der Waals surface area contributed by atoms with Crippen LogP contribution in [0.1, 0.15) is 109 Å². The number of phenols is 1. The maximum absolute atomic E-state index is 14.2. The van der Waals surface area contributed by atoms with Crippen LogP contribution in [0.2, 0.25) is 0 Å². The van der Waals surface area contributed by atoms with Gasteiger partial charge < -0.3 is 31.1 Å². The molecule has 1 aliphatic carbocycles. The Hall–Kier alpha value is -3.30. The van der Waals surface area contributed by atoms with E-state index < -0.39 is 35.6 Å². The summed E-state index contributed by atoms with van der Waals surface area (Å²) in [6.45, 7) is 9.09. The Morgan fingerprint density at radius 3 is 2.40 bits per heavy atom. The van der Waals surface area contributed by atoms with Crippen LogP contribution in [0, 0.1) is 6.92 Å². The third kappa shape index (κ3) is 10.4. The highest BCUT2D eigenvalue weighted by Gasteiger charge is 2.38. The van der Waals surface area contributed by atoms with Crippen molar-refractivity contribution in [2.45, 2.75) is 123 Å². The lowest BCUT2D eigenvalue weighted by molar-refractivity contribution is -0.143. The van der Waals surface area contributed by atoms with Crippen molar-refractivity contribution in [3.63, 3.8) is 0 Å². The standard InChI is InChI=1S/C30H48N4O6/c1-6-7-11-19-34(28(38)23(17-18-24(31)35)33-29(39)40-30(3,4)5)25(22-16-12-13-20(2)26(22)36)27(37)32-21-14-9-8-10-15-21/h12-13,16,21,23,25,36H,6-11,14-15,17-19H2,1-5H3,(H2,31,35)(H,32,37)(H,33,39). The highest BCUT2D eigenvalue weighted by molar-refractivity contribution is 5.93. The molecule has 10 nitrogen and oxygen atoms in total. The molecule has 0 aromatic heterocycles. The summed E-state index contributed by atoms with van der Waals surface area (Å²) in [5.74, 6) is -1.62. The predicted octanol–water partition coefficient (Wildman–Crippen LogP) is 4.37. The molecule has 0 saturated heterocycles. The number of unbranched alkanes of at least 4 members (excludes halogenated alkanes) is 2. The van der Waals surface area contributed by atoms with Gasteiger partial charge in [-0.1, -0.05) is 57.2 Å². The van der Waals surface area contributed by atoms with Gasteiger partial charge in [0.25, 0.3) is 0 Å². The molecule has 2 rings (SSSR count). The maximum atomic E-state index is 14.2. The molecule has 1 fully saturated rings. The first kappa shape index (κ1) is 32.9. The average Bonchev–Trinajstić information content (AvgIpc) is 2.87. The van der Waals surface area contributed by atoms with E-state index in [9.17, 15) is 24.3 Å². The van der Waals surface area contributed by atoms with Gasteiger partial charge in [-0.2, -0.15) is 0 Å². The van der Waals surface area contributed by atoms with Crippen molar-refractivity contribution in [1.82, 2.24) is 15.5 Å². The first-order chi connectivity index (χ1) is 18.8. The fraction of sp³-hybridized carbons (Fsp3) is 0.667. The summed E-state index contributed by atoms with van der Waals surface area (Å²) in [4.78, 5) is 53.9. The number of rotatable bonds is 13. The molecule has 2 atom stereocenters. The first-order valence-corrected chi connectivity index (χ1v) is 14.5. The summed E-state index contributed by atoms with van der Waals surface area (Å²) in [6.07, 6.45) is 6.13. The molecule has 1 aromatic carbocycles. The predicted molar refractivity (Wildman–Crippen MR) is 153 cm³/mol. The van der Waals surface area contributed by atoms with E-state index in [0.717, 1.165) is 44.9 Å². The Balaban J connectivity index is 2.53. The third-order valence-corrected chi connectivity index (χ3v) is 7.03. The number of primary amides is 1. The minimum Gasteiger partial charge on any atom is -0.507 e. The highest BCUT2D eigenvalue weighted by atomic mass is 16.6. The van der Waals surface area contributed by atoms with E-state index in [2.05, 4.69) is 10.6 Å². The number of nitrogens with two attached hydrogens (primary N) is 1. The number of nitrogens with one attached hydrogen (secondary N) is 2. The van der Waals surface area contributed by atoms with Crippen LogP contribution in [0.5, 0.6) is 5.75 Å². The second-order valence-corrected chi connectivity index (χ2v) is 11.7. The van der Waals surface area contributed by atoms with Gasteiger partial charge in [-0.15, -0.1) is 0 Å². The largest absolute Gasteiger partial charge is 0.507 e. The Morgan fingerprint density at radius 2 is 1.80 bits per heavy atom. The van der Waals surface area contributed by atoms with E-state index in [1.807, 2.05) is 6.92 Å². The van der Waals surface area contributed by atoms with Crippen molar-refractivity contribution in [2.75, 3.05) is 6.54 Å². The Labute approximate surface area is 238 Å². The normalized spacial score (nSPS) is 15.5. The summed E-state index contributed by atoms with van der Waals surface area (Å²) in [7, 11) is 0. The van der Waals surface area contributed by atoms with E-state index in [0.29, 0.717) is 17.5 Å². The Kier molecular flexibility index (Phi) is 12.7. The van der Waals surface area contributed by atoms with Gasteiger partial charge in [-0.3, -0.25) is 14.4 Å². The number of carbonyl (C=O) groups excluding carboxylic acids is 4. The number of aryl methyl sites for hydroxylation is 1. The Bertz CT molecular complexity index is 1020. The number of carbonyl (C=O) groups is 4. The molecular weight excluding hydrogens is 512 g/mol. The summed E-state index contributed by atoms with van der Waals surface area (Å²) in [5.41, 5.74) is 5.46. The van der Waals surface area contributed by atoms with Crippen molar-refractivity contribution in [3.8, 4) is 5.75 Å². The highest BCUT2D eigenvalue weighted by Crippen LogP contribution is 2.33. The average molecular weight is 561 g/mol. The number of phenolic OH excluding ortho intramolecular Hbond substituents is 1. The quantitative estimate of drug-likeness (QED) is 0.263. The van der Waals surface area contributed by atoms with Gasteiger partial charge in [0.2, 0.25) is 17.7 Å². The van der Waals surface area contributed by atoms with E-state index in [-0.39, 0.29) is 37.1 Å². The minimum atomic E-state index is -1.17. The molecule has 1 aliphatic rings. The second kappa shape index (κ2) is 15.5. The van der Waals surface area contributed by atoms with E-state index in [1.165, 1.54) is 4.90 Å². The van der Waals surface area contributed by atoms with Crippen LogP contribution in [0.3, 0.4) is 0 Å². The number of hydrogen-bond donors (Lipinski definition) is 4. The zero-order chi connectivity index (χ0) is 29.9. The molecule has 224 valence electrons. The van der Waals surface area contributed by atoms with E-state index >= 15 is 0 Å². The molecule has 0 aliphatic heterocycles. The number of amides is 4. The summed E-state index contributed by atoms with van der Waals surface area (Å²) >= 11 is 0. The molecular formula is C30H48N4O6. The van der Waals surface area contributed by atoms with Gasteiger partial charge in [0, 0.05) is 24.6 Å². The van der Waals surface area contributed by atoms with Gasteiger partial charge in [-0.25, -0.2) is 4.79 Å². The van der Waals surface area contributed by atoms with E-state index in [1.54, 1.807) is 45.9 Å². The van der Waals surface area contributed by atoms with Crippen molar-refractivity contribution in [3.05, 3.63) is 29.3 Å². The van der Waals surface area contributed by atoms with Crippen molar-refractivity contribution >= 4 is 23.8 Å². The summed E-state index contributed by atoms with van der Waals surface area (Å²) < 4.78 is 5.38. The second-order valence-electron chi connectivity index (χ2n) is 11.7. The van der Waals surface area contributed by atoms with Crippen LogP contribution >= 0.6 is 0 Å². The molecule has 1 saturated carbocycles. The van der Waals surface area contributed by atoms with Crippen LogP contribution < -0.4 is 16.4 Å². The van der Waals surface area contributed by atoms with Gasteiger partial charge >= 0.3 is 6.09 Å². The van der Waals surface area contributed by atoms with Crippen LogP contribution in [0.15, 0.2) is 18.2 Å². The van der Waals surface area contributed by atoms with Crippen LogP contribution in [-0.2, 0) is 19.1 Å². The van der Waals surface area contributed by atoms with Gasteiger partial charge in [0.05, 0.1) is 0 Å². The molecule has 0 radical (unpaired) electrons. The van der Waals surface area contributed by atoms with Gasteiger partial charge in [0.15, 0.2) is 0 Å². The topological polar surface area (TPSA) is 151 Å². The zero-order valence-electron chi connectivity index (χ0n) is 24.8. The van der Waals surface area contributed by atoms with Crippen LogP contribution in [0.4, 0.5) is 4.79 Å². The smallest absolute Gasteiger partial charge is 0.408 e. The minimum absolute atomic E-state index is 0.0196. The molecule has 0 spiro atoms. The number of hydrogen-bond acceptors (Lipinski definition) is 6. The summed E-state index contributed by atoms with van der Waals surface area (Å²) in [6, 6.07) is 2.80.